The van der Waals surface area contributed by atoms with Crippen LogP contribution in [0.5, 0.6) is 0 Å². The molecule has 0 aliphatic rings. The van der Waals surface area contributed by atoms with Crippen molar-refractivity contribution in [3.63, 3.8) is 0 Å². The maximum atomic E-state index is 9.64. The molecule has 0 fully saturated rings. The summed E-state index contributed by atoms with van der Waals surface area (Å²) in [4.78, 5) is 0. The van der Waals surface area contributed by atoms with E-state index < -0.39 is 0 Å². The number of hydrogen-bond acceptors (Lipinski definition) is 1. The number of rotatable bonds is 3. The van der Waals surface area contributed by atoms with Gasteiger partial charge in [-0.25, -0.2) is 0 Å². The Balaban J connectivity index is 2.10. The highest BCUT2D eigenvalue weighted by Crippen LogP contribution is 2.27. The number of aryl methyl sites for hydroxylation is 2. The van der Waals surface area contributed by atoms with Crippen LogP contribution in [0.15, 0.2) is 53.0 Å². The minimum atomic E-state index is 0.658. The molecule has 26 heavy (non-hydrogen) atoms. The molecule has 4 heteroatoms. The minimum Gasteiger partial charge on any atom is -0.318 e. The largest absolute Gasteiger partial charge is 0.318 e. The molecule has 130 valence electrons. The molecule has 1 aromatic heterocycles. The molecule has 0 amide bonds. The van der Waals surface area contributed by atoms with Crippen LogP contribution in [0.25, 0.3) is 17.3 Å². The highest BCUT2D eigenvalue weighted by atomic mass is 127. The monoisotopic (exact) mass is 516 g/mol. The van der Waals surface area contributed by atoms with Gasteiger partial charge in [-0.3, -0.25) is 0 Å². The van der Waals surface area contributed by atoms with E-state index in [4.69, 9.17) is 0 Å². The number of nitriles is 1. The van der Waals surface area contributed by atoms with Crippen molar-refractivity contribution >= 4 is 50.2 Å². The van der Waals surface area contributed by atoms with Gasteiger partial charge >= 0.3 is 0 Å². The lowest BCUT2D eigenvalue weighted by Gasteiger charge is -2.11. The number of halogens is 2. The number of hydrogen-bond donors (Lipinski definition) is 0. The molecule has 0 bridgehead atoms. The highest BCUT2D eigenvalue weighted by molar-refractivity contribution is 14.1. The summed E-state index contributed by atoms with van der Waals surface area (Å²) in [5, 5.41) is 9.64. The number of aromatic nitrogens is 1. The molecule has 0 radical (unpaired) electrons. The number of allylic oxidation sites excluding steroid dienone is 1. The standard InChI is InChI=1S/C22H18BrIN2/c1-14-9-21(7-8-22(14)24)26-15(2)10-18(16(26)3)11-19(13-25)17-5-4-6-20(23)12-17/h4-12H,1-3H3/b19-11-. The molecule has 1 heterocycles. The van der Waals surface area contributed by atoms with E-state index in [1.165, 1.54) is 9.13 Å². The van der Waals surface area contributed by atoms with E-state index in [1.807, 2.05) is 30.3 Å². The lowest BCUT2D eigenvalue weighted by Crippen LogP contribution is -2.00. The van der Waals surface area contributed by atoms with E-state index >= 15 is 0 Å². The summed E-state index contributed by atoms with van der Waals surface area (Å²) in [6.45, 7) is 6.33. The van der Waals surface area contributed by atoms with Gasteiger partial charge in [-0.15, -0.1) is 0 Å². The molecule has 0 N–H and O–H groups in total. The first kappa shape index (κ1) is 18.9. The van der Waals surface area contributed by atoms with Gasteiger partial charge in [-0.05, 0) is 103 Å². The van der Waals surface area contributed by atoms with Crippen LogP contribution in [0.4, 0.5) is 0 Å². The summed E-state index contributed by atoms with van der Waals surface area (Å²) >= 11 is 5.83. The molecule has 0 spiro atoms. The van der Waals surface area contributed by atoms with Crippen molar-refractivity contribution in [1.82, 2.24) is 4.57 Å². The van der Waals surface area contributed by atoms with Crippen LogP contribution in [0, 0.1) is 35.7 Å². The molecular formula is C22H18BrIN2. The molecule has 2 nitrogen and oxygen atoms in total. The second kappa shape index (κ2) is 7.81. The second-order valence-electron chi connectivity index (χ2n) is 6.28. The van der Waals surface area contributed by atoms with Gasteiger partial charge in [0.2, 0.25) is 0 Å². The van der Waals surface area contributed by atoms with Crippen molar-refractivity contribution in [3.05, 3.63) is 84.7 Å². The maximum Gasteiger partial charge on any atom is 0.0998 e. The van der Waals surface area contributed by atoms with Gasteiger partial charge in [0.1, 0.15) is 0 Å². The van der Waals surface area contributed by atoms with Crippen LogP contribution in [-0.2, 0) is 0 Å². The van der Waals surface area contributed by atoms with E-state index in [2.05, 4.69) is 94.2 Å². The average molecular weight is 517 g/mol. The second-order valence-corrected chi connectivity index (χ2v) is 8.35. The Morgan fingerprint density at radius 3 is 2.54 bits per heavy atom. The van der Waals surface area contributed by atoms with E-state index in [0.717, 1.165) is 32.7 Å². The highest BCUT2D eigenvalue weighted by Gasteiger charge is 2.12. The van der Waals surface area contributed by atoms with Crippen LogP contribution in [0.2, 0.25) is 0 Å². The number of nitrogens with zero attached hydrogens (tertiary/aromatic N) is 2. The molecule has 0 saturated heterocycles. The maximum absolute atomic E-state index is 9.64. The Hall–Kier alpha value is -1.84. The predicted molar refractivity (Wildman–Crippen MR) is 120 cm³/mol. The van der Waals surface area contributed by atoms with Gasteiger partial charge in [0.25, 0.3) is 0 Å². The van der Waals surface area contributed by atoms with Gasteiger partial charge in [0.05, 0.1) is 11.6 Å². The molecule has 2 aromatic carbocycles. The number of benzene rings is 2. The van der Waals surface area contributed by atoms with Crippen molar-refractivity contribution in [2.45, 2.75) is 20.8 Å². The quantitative estimate of drug-likeness (QED) is 0.277. The normalized spacial score (nSPS) is 11.5. The van der Waals surface area contributed by atoms with Gasteiger partial charge in [-0.1, -0.05) is 28.1 Å². The third-order valence-electron chi connectivity index (χ3n) is 4.43. The van der Waals surface area contributed by atoms with E-state index in [0.29, 0.717) is 5.57 Å². The SMILES string of the molecule is Cc1cc(-n2c(C)cc(/C=C(/C#N)c3cccc(Br)c3)c2C)ccc1I. The Labute approximate surface area is 176 Å². The Kier molecular flexibility index (Phi) is 5.69. The molecule has 0 atom stereocenters. The smallest absolute Gasteiger partial charge is 0.0998 e. The summed E-state index contributed by atoms with van der Waals surface area (Å²) in [6, 6.07) is 18.8. The van der Waals surface area contributed by atoms with Crippen molar-refractivity contribution < 1.29 is 0 Å². The Morgan fingerprint density at radius 2 is 1.88 bits per heavy atom. The fourth-order valence-electron chi connectivity index (χ4n) is 3.09. The summed E-state index contributed by atoms with van der Waals surface area (Å²) in [5.74, 6) is 0. The van der Waals surface area contributed by atoms with E-state index in [-0.39, 0.29) is 0 Å². The zero-order chi connectivity index (χ0) is 18.8. The first-order chi connectivity index (χ1) is 12.4. The zero-order valence-electron chi connectivity index (χ0n) is 14.8. The molecular weight excluding hydrogens is 499 g/mol. The third-order valence-corrected chi connectivity index (χ3v) is 6.13. The lowest BCUT2D eigenvalue weighted by molar-refractivity contribution is 0.961. The van der Waals surface area contributed by atoms with Gasteiger partial charge in [0, 0.05) is 25.1 Å². The summed E-state index contributed by atoms with van der Waals surface area (Å²) in [7, 11) is 0. The lowest BCUT2D eigenvalue weighted by atomic mass is 10.0. The first-order valence-corrected chi connectivity index (χ1v) is 10.1. The van der Waals surface area contributed by atoms with E-state index in [9.17, 15) is 5.26 Å². The van der Waals surface area contributed by atoms with Crippen molar-refractivity contribution in [2.75, 3.05) is 0 Å². The van der Waals surface area contributed by atoms with E-state index in [1.54, 1.807) is 0 Å². The van der Waals surface area contributed by atoms with Gasteiger partial charge in [0.15, 0.2) is 0 Å². The zero-order valence-corrected chi connectivity index (χ0v) is 18.6. The summed E-state index contributed by atoms with van der Waals surface area (Å²) in [5.41, 5.74) is 7.34. The molecule has 3 aromatic rings. The molecule has 0 aliphatic heterocycles. The molecule has 0 saturated carbocycles. The first-order valence-electron chi connectivity index (χ1n) is 8.24. The van der Waals surface area contributed by atoms with Gasteiger partial charge < -0.3 is 4.57 Å². The third kappa shape index (κ3) is 3.79. The molecule has 0 unspecified atom stereocenters. The van der Waals surface area contributed by atoms with Crippen molar-refractivity contribution in [2.24, 2.45) is 0 Å². The Bertz CT molecular complexity index is 1050. The van der Waals surface area contributed by atoms with Crippen molar-refractivity contribution in [3.8, 4) is 11.8 Å². The van der Waals surface area contributed by atoms with Crippen LogP contribution >= 0.6 is 38.5 Å². The van der Waals surface area contributed by atoms with Crippen LogP contribution in [0.3, 0.4) is 0 Å². The average Bonchev–Trinajstić information content (AvgIpc) is 2.89. The van der Waals surface area contributed by atoms with Crippen LogP contribution < -0.4 is 0 Å². The van der Waals surface area contributed by atoms with Gasteiger partial charge in [-0.2, -0.15) is 5.26 Å². The fourth-order valence-corrected chi connectivity index (χ4v) is 3.83. The fraction of sp³-hybridized carbons (Fsp3) is 0.136. The topological polar surface area (TPSA) is 28.7 Å². The van der Waals surface area contributed by atoms with Crippen molar-refractivity contribution in [1.29, 1.82) is 5.26 Å². The predicted octanol–water partition coefficient (Wildman–Crippen LogP) is 6.83. The molecule has 3 rings (SSSR count). The van der Waals surface area contributed by atoms with Crippen LogP contribution in [0.1, 0.15) is 28.1 Å². The minimum absolute atomic E-state index is 0.658. The van der Waals surface area contributed by atoms with Crippen LogP contribution in [-0.4, -0.2) is 4.57 Å². The summed E-state index contributed by atoms with van der Waals surface area (Å²) < 4.78 is 4.47. The summed E-state index contributed by atoms with van der Waals surface area (Å²) in [6.07, 6.45) is 1.97. The molecule has 0 aliphatic carbocycles. The Morgan fingerprint density at radius 1 is 1.12 bits per heavy atom.